The number of thiocarbonyl (C=S) groups is 1. The van der Waals surface area contributed by atoms with Crippen molar-refractivity contribution in [3.05, 3.63) is 80.2 Å². The van der Waals surface area contributed by atoms with Gasteiger partial charge in [0, 0.05) is 26.6 Å². The number of halogens is 1. The first-order valence-electron chi connectivity index (χ1n) is 8.36. The predicted molar refractivity (Wildman–Crippen MR) is 116 cm³/mol. The zero-order chi connectivity index (χ0) is 18.3. The highest BCUT2D eigenvalue weighted by Crippen LogP contribution is 2.44. The maximum atomic E-state index is 5.74. The molecule has 0 unspecified atom stereocenters. The molecule has 1 aliphatic rings. The third kappa shape index (κ3) is 3.17. The molecule has 0 aliphatic carbocycles. The number of aromatic nitrogens is 1. The van der Waals surface area contributed by atoms with E-state index in [2.05, 4.69) is 80.7 Å². The van der Waals surface area contributed by atoms with E-state index < -0.39 is 0 Å². The van der Waals surface area contributed by atoms with Gasteiger partial charge in [-0.1, -0.05) is 12.1 Å². The summed E-state index contributed by atoms with van der Waals surface area (Å²) in [5.41, 5.74) is 4.65. The molecule has 26 heavy (non-hydrogen) atoms. The largest absolute Gasteiger partial charge is 0.351 e. The fourth-order valence-corrected chi connectivity index (χ4v) is 5.20. The van der Waals surface area contributed by atoms with Gasteiger partial charge in [0.15, 0.2) is 5.11 Å². The Morgan fingerprint density at radius 1 is 1.15 bits per heavy atom. The maximum Gasteiger partial charge on any atom is 0.174 e. The molecular weight excluding hydrogens is 426 g/mol. The molecule has 1 aliphatic heterocycles. The molecule has 132 valence electrons. The van der Waals surface area contributed by atoms with E-state index in [0.717, 1.165) is 21.0 Å². The minimum Gasteiger partial charge on any atom is -0.351 e. The van der Waals surface area contributed by atoms with E-state index in [4.69, 9.17) is 12.2 Å². The van der Waals surface area contributed by atoms with Crippen LogP contribution in [0, 0.1) is 13.8 Å². The van der Waals surface area contributed by atoms with E-state index in [0.29, 0.717) is 0 Å². The Bertz CT molecular complexity index is 955. The van der Waals surface area contributed by atoms with E-state index in [-0.39, 0.29) is 12.1 Å². The first-order chi connectivity index (χ1) is 12.5. The van der Waals surface area contributed by atoms with Gasteiger partial charge in [0.25, 0.3) is 0 Å². The van der Waals surface area contributed by atoms with Crippen molar-refractivity contribution in [3.8, 4) is 0 Å². The first kappa shape index (κ1) is 17.6. The number of benzene rings is 1. The first-order valence-corrected chi connectivity index (χ1v) is 10.4. The number of hydrogen-bond acceptors (Lipinski definition) is 3. The number of hydrogen-bond donors (Lipinski definition) is 1. The van der Waals surface area contributed by atoms with Crippen molar-refractivity contribution >= 4 is 50.3 Å². The molecule has 4 rings (SSSR count). The van der Waals surface area contributed by atoms with Crippen molar-refractivity contribution in [2.75, 3.05) is 4.90 Å². The lowest BCUT2D eigenvalue weighted by Gasteiger charge is -2.27. The minimum absolute atomic E-state index is 0.0101. The Kier molecular flexibility index (Phi) is 4.82. The molecule has 6 heteroatoms. The summed E-state index contributed by atoms with van der Waals surface area (Å²) in [6, 6.07) is 14.8. The van der Waals surface area contributed by atoms with Gasteiger partial charge in [0.05, 0.1) is 17.8 Å². The van der Waals surface area contributed by atoms with Crippen molar-refractivity contribution in [2.45, 2.75) is 25.9 Å². The summed E-state index contributed by atoms with van der Waals surface area (Å²) in [6.07, 6.45) is 1.83. The summed E-state index contributed by atoms with van der Waals surface area (Å²) in [7, 11) is 0. The number of rotatable bonds is 3. The summed E-state index contributed by atoms with van der Waals surface area (Å²) in [5.74, 6) is 0. The molecule has 2 aromatic heterocycles. The molecule has 1 aromatic carbocycles. The Morgan fingerprint density at radius 2 is 2.00 bits per heavy atom. The van der Waals surface area contributed by atoms with Gasteiger partial charge in [-0.3, -0.25) is 4.98 Å². The van der Waals surface area contributed by atoms with Crippen molar-refractivity contribution in [3.63, 3.8) is 0 Å². The summed E-state index contributed by atoms with van der Waals surface area (Å²) < 4.78 is 1.09. The molecular formula is C20H18BrN3S2. The molecule has 1 saturated heterocycles. The topological polar surface area (TPSA) is 28.2 Å². The molecule has 1 fully saturated rings. The van der Waals surface area contributed by atoms with Crippen LogP contribution in [0.15, 0.2) is 58.5 Å². The van der Waals surface area contributed by atoms with E-state index in [1.54, 1.807) is 11.3 Å². The van der Waals surface area contributed by atoms with E-state index >= 15 is 0 Å². The number of nitrogens with zero attached hydrogens (tertiary/aromatic N) is 2. The number of thiophene rings is 1. The second kappa shape index (κ2) is 7.10. The van der Waals surface area contributed by atoms with Gasteiger partial charge in [0.2, 0.25) is 0 Å². The summed E-state index contributed by atoms with van der Waals surface area (Å²) in [5, 5.41) is 6.35. The second-order valence-electron chi connectivity index (χ2n) is 6.43. The van der Waals surface area contributed by atoms with E-state index in [9.17, 15) is 0 Å². The van der Waals surface area contributed by atoms with Crippen LogP contribution in [0.1, 0.15) is 33.8 Å². The Balaban J connectivity index is 1.83. The lowest BCUT2D eigenvalue weighted by Crippen LogP contribution is -2.29. The Morgan fingerprint density at radius 3 is 2.65 bits per heavy atom. The molecule has 0 saturated carbocycles. The minimum atomic E-state index is 0.0101. The number of anilines is 1. The average molecular weight is 444 g/mol. The monoisotopic (exact) mass is 443 g/mol. The van der Waals surface area contributed by atoms with Crippen molar-refractivity contribution in [1.29, 1.82) is 0 Å². The van der Waals surface area contributed by atoms with Gasteiger partial charge in [-0.25, -0.2) is 0 Å². The van der Waals surface area contributed by atoms with Crippen LogP contribution in [0.3, 0.4) is 0 Å². The summed E-state index contributed by atoms with van der Waals surface area (Å²) in [4.78, 5) is 8.05. The second-order valence-corrected chi connectivity index (χ2v) is 8.68. The SMILES string of the molecule is Cc1ccc(N2C(=S)N[C@@H](c3ccccn3)[C@H]2c2cc(Br)cs2)cc1C. The van der Waals surface area contributed by atoms with Gasteiger partial charge in [-0.15, -0.1) is 11.3 Å². The highest BCUT2D eigenvalue weighted by Gasteiger charge is 2.41. The van der Waals surface area contributed by atoms with Gasteiger partial charge < -0.3 is 10.2 Å². The van der Waals surface area contributed by atoms with Crippen LogP contribution in [0.2, 0.25) is 0 Å². The van der Waals surface area contributed by atoms with Gasteiger partial charge in [-0.2, -0.15) is 0 Å². The van der Waals surface area contributed by atoms with Crippen LogP contribution < -0.4 is 10.2 Å². The molecule has 0 spiro atoms. The fourth-order valence-electron chi connectivity index (χ4n) is 3.28. The lowest BCUT2D eigenvalue weighted by atomic mass is 10.0. The van der Waals surface area contributed by atoms with Crippen molar-refractivity contribution in [2.24, 2.45) is 0 Å². The van der Waals surface area contributed by atoms with Crippen LogP contribution in [0.25, 0.3) is 0 Å². The zero-order valence-corrected chi connectivity index (χ0v) is 17.7. The normalized spacial score (nSPS) is 19.7. The smallest absolute Gasteiger partial charge is 0.174 e. The fraction of sp³-hybridized carbons (Fsp3) is 0.200. The highest BCUT2D eigenvalue weighted by atomic mass is 79.9. The lowest BCUT2D eigenvalue weighted by molar-refractivity contribution is 0.575. The predicted octanol–water partition coefficient (Wildman–Crippen LogP) is 5.70. The molecule has 3 nitrogen and oxygen atoms in total. The third-order valence-electron chi connectivity index (χ3n) is 4.75. The van der Waals surface area contributed by atoms with Crippen LogP contribution in [-0.2, 0) is 0 Å². The molecule has 0 amide bonds. The number of nitrogens with one attached hydrogen (secondary N) is 1. The molecule has 0 radical (unpaired) electrons. The molecule has 1 N–H and O–H groups in total. The van der Waals surface area contributed by atoms with Gasteiger partial charge in [-0.05, 0) is 83.5 Å². The van der Waals surface area contributed by atoms with Crippen molar-refractivity contribution in [1.82, 2.24) is 10.3 Å². The molecule has 2 atom stereocenters. The van der Waals surface area contributed by atoms with Gasteiger partial charge >= 0.3 is 0 Å². The average Bonchev–Trinajstić information content (AvgIpc) is 3.21. The van der Waals surface area contributed by atoms with Crippen LogP contribution in [0.5, 0.6) is 0 Å². The van der Waals surface area contributed by atoms with Crippen LogP contribution in [0.4, 0.5) is 5.69 Å². The highest BCUT2D eigenvalue weighted by molar-refractivity contribution is 9.10. The Hall–Kier alpha value is -1.76. The van der Waals surface area contributed by atoms with Crippen LogP contribution in [-0.4, -0.2) is 10.1 Å². The molecule has 3 heterocycles. The maximum absolute atomic E-state index is 5.74. The Labute approximate surface area is 171 Å². The van der Waals surface area contributed by atoms with Crippen molar-refractivity contribution < 1.29 is 0 Å². The zero-order valence-electron chi connectivity index (χ0n) is 14.4. The summed E-state index contributed by atoms with van der Waals surface area (Å²) >= 11 is 11.1. The van der Waals surface area contributed by atoms with E-state index in [1.807, 2.05) is 18.3 Å². The number of pyridine rings is 1. The number of aryl methyl sites for hydroxylation is 2. The van der Waals surface area contributed by atoms with Crippen LogP contribution >= 0.6 is 39.5 Å². The van der Waals surface area contributed by atoms with Gasteiger partial charge in [0.1, 0.15) is 0 Å². The quantitative estimate of drug-likeness (QED) is 0.525. The standard InChI is InChI=1S/C20H18BrN3S2/c1-12-6-7-15(9-13(12)2)24-19(17-10-14(21)11-26-17)18(23-20(24)25)16-5-3-4-8-22-16/h3-11,18-19H,1-2H3,(H,23,25)/t18-,19+/m0/s1. The molecule has 3 aromatic rings. The van der Waals surface area contributed by atoms with E-state index in [1.165, 1.54) is 16.0 Å². The third-order valence-corrected chi connectivity index (χ3v) is 6.82. The molecule has 0 bridgehead atoms. The summed E-state index contributed by atoms with van der Waals surface area (Å²) in [6.45, 7) is 4.27.